The summed E-state index contributed by atoms with van der Waals surface area (Å²) >= 11 is 1.59. The summed E-state index contributed by atoms with van der Waals surface area (Å²) in [6.07, 6.45) is 2.52. The number of hydrogen-bond acceptors (Lipinski definition) is 7. The monoisotopic (exact) mass is 398 g/mol. The Morgan fingerprint density at radius 2 is 2.21 bits per heavy atom. The van der Waals surface area contributed by atoms with Crippen LogP contribution in [0, 0.1) is 0 Å². The lowest BCUT2D eigenvalue weighted by molar-refractivity contribution is 0.191. The number of amides is 2. The van der Waals surface area contributed by atoms with E-state index in [1.165, 1.54) is 0 Å². The third-order valence-electron chi connectivity index (χ3n) is 4.61. The number of fused-ring (bicyclic) bond motifs is 2. The third-order valence-corrected chi connectivity index (χ3v) is 5.65. The lowest BCUT2D eigenvalue weighted by Crippen LogP contribution is -2.42. The van der Waals surface area contributed by atoms with Gasteiger partial charge in [-0.25, -0.2) is 19.7 Å². The van der Waals surface area contributed by atoms with E-state index < -0.39 is 0 Å². The highest BCUT2D eigenvalue weighted by molar-refractivity contribution is 7.18. The molecule has 0 aliphatic carbocycles. The Hall–Kier alpha value is -2.78. The van der Waals surface area contributed by atoms with Gasteiger partial charge in [-0.3, -0.25) is 0 Å². The molecule has 0 bridgehead atoms. The molecular formula is C19H22N6O2S. The molecule has 28 heavy (non-hydrogen) atoms. The Labute approximate surface area is 166 Å². The number of carbonyl (C=O) groups is 1. The molecule has 4 rings (SSSR count). The van der Waals surface area contributed by atoms with Crippen LogP contribution in [0.4, 0.5) is 10.7 Å². The van der Waals surface area contributed by atoms with Crippen molar-refractivity contribution in [1.29, 1.82) is 0 Å². The van der Waals surface area contributed by atoms with Crippen molar-refractivity contribution in [1.82, 2.24) is 25.2 Å². The smallest absolute Gasteiger partial charge is 0.318 e. The quantitative estimate of drug-likeness (QED) is 0.608. The molecule has 0 saturated heterocycles. The summed E-state index contributed by atoms with van der Waals surface area (Å²) in [4.78, 5) is 27.7. The number of para-hydroxylation sites is 1. The fraction of sp³-hybridized carbons (Fsp3) is 0.368. The lowest BCUT2D eigenvalue weighted by Gasteiger charge is -2.28. The number of aliphatic hydroxyl groups excluding tert-OH is 1. The van der Waals surface area contributed by atoms with Crippen molar-refractivity contribution in [3.05, 3.63) is 46.7 Å². The highest BCUT2D eigenvalue weighted by Crippen LogP contribution is 2.22. The van der Waals surface area contributed by atoms with Crippen LogP contribution in [0.2, 0.25) is 0 Å². The molecule has 8 nitrogen and oxygen atoms in total. The highest BCUT2D eigenvalue weighted by Gasteiger charge is 2.22. The minimum Gasteiger partial charge on any atom is -0.394 e. The summed E-state index contributed by atoms with van der Waals surface area (Å²) < 4.78 is 1.12. The Bertz CT molecular complexity index is 958. The zero-order valence-electron chi connectivity index (χ0n) is 15.6. The molecule has 3 N–H and O–H groups in total. The van der Waals surface area contributed by atoms with Crippen LogP contribution in [0.5, 0.6) is 0 Å². The Kier molecular flexibility index (Phi) is 5.36. The van der Waals surface area contributed by atoms with E-state index in [-0.39, 0.29) is 18.7 Å². The first kappa shape index (κ1) is 18.6. The van der Waals surface area contributed by atoms with Gasteiger partial charge < -0.3 is 20.6 Å². The number of benzene rings is 1. The molecule has 1 aromatic carbocycles. The predicted molar refractivity (Wildman–Crippen MR) is 108 cm³/mol. The number of nitrogens with zero attached hydrogens (tertiary/aromatic N) is 4. The zero-order chi connectivity index (χ0) is 19.5. The third kappa shape index (κ3) is 4.05. The number of aromatic nitrogens is 3. The van der Waals surface area contributed by atoms with Crippen LogP contribution in [0.15, 0.2) is 30.5 Å². The maximum Gasteiger partial charge on any atom is 0.318 e. The van der Waals surface area contributed by atoms with E-state index in [0.717, 1.165) is 32.9 Å². The van der Waals surface area contributed by atoms with E-state index in [9.17, 15) is 4.79 Å². The number of urea groups is 1. The number of thiazole rings is 1. The molecular weight excluding hydrogens is 376 g/mol. The number of hydrogen-bond donors (Lipinski definition) is 3. The lowest BCUT2D eigenvalue weighted by atomic mass is 10.1. The van der Waals surface area contributed by atoms with Crippen LogP contribution >= 0.6 is 11.3 Å². The molecule has 0 spiro atoms. The zero-order valence-corrected chi connectivity index (χ0v) is 16.4. The number of rotatable bonds is 5. The van der Waals surface area contributed by atoms with Crippen molar-refractivity contribution in [3.63, 3.8) is 0 Å². The maximum atomic E-state index is 12.6. The average Bonchev–Trinajstić information content (AvgIpc) is 3.14. The fourth-order valence-electron chi connectivity index (χ4n) is 3.07. The first-order chi connectivity index (χ1) is 13.6. The van der Waals surface area contributed by atoms with E-state index >= 15 is 0 Å². The van der Waals surface area contributed by atoms with Crippen LogP contribution in [0.25, 0.3) is 10.2 Å². The molecule has 3 heterocycles. The Morgan fingerprint density at radius 1 is 1.36 bits per heavy atom. The van der Waals surface area contributed by atoms with Crippen LogP contribution in [0.1, 0.15) is 23.2 Å². The molecule has 2 aromatic heterocycles. The van der Waals surface area contributed by atoms with Gasteiger partial charge in [-0.1, -0.05) is 12.1 Å². The van der Waals surface area contributed by atoms with Crippen molar-refractivity contribution < 1.29 is 9.90 Å². The van der Waals surface area contributed by atoms with E-state index in [1.807, 2.05) is 31.2 Å². The van der Waals surface area contributed by atoms with Gasteiger partial charge >= 0.3 is 6.03 Å². The first-order valence-electron chi connectivity index (χ1n) is 9.22. The number of aliphatic hydroxyl groups is 1. The molecule has 1 atom stereocenters. The SMILES string of the molecule is C[C@@H](CO)Nc1ncc2c(n1)CN(C(=O)NCc1nc3ccccc3s1)CC2. The van der Waals surface area contributed by atoms with Crippen molar-refractivity contribution in [2.24, 2.45) is 0 Å². The largest absolute Gasteiger partial charge is 0.394 e. The topological polar surface area (TPSA) is 103 Å². The second kappa shape index (κ2) is 8.07. The van der Waals surface area contributed by atoms with Gasteiger partial charge in [-0.15, -0.1) is 11.3 Å². The predicted octanol–water partition coefficient (Wildman–Crippen LogP) is 2.15. The second-order valence-corrected chi connectivity index (χ2v) is 7.91. The summed E-state index contributed by atoms with van der Waals surface area (Å²) in [6.45, 7) is 3.32. The molecule has 146 valence electrons. The van der Waals surface area contributed by atoms with Crippen LogP contribution in [-0.4, -0.2) is 50.2 Å². The molecule has 0 fully saturated rings. The van der Waals surface area contributed by atoms with Crippen molar-refractivity contribution in [2.75, 3.05) is 18.5 Å². The van der Waals surface area contributed by atoms with Gasteiger partial charge in [0, 0.05) is 18.8 Å². The fourth-order valence-corrected chi connectivity index (χ4v) is 3.98. The highest BCUT2D eigenvalue weighted by atomic mass is 32.1. The summed E-state index contributed by atoms with van der Waals surface area (Å²) in [5.74, 6) is 0.469. The minimum atomic E-state index is -0.130. The normalized spacial score (nSPS) is 14.6. The van der Waals surface area contributed by atoms with Crippen molar-refractivity contribution in [2.45, 2.75) is 32.5 Å². The van der Waals surface area contributed by atoms with Gasteiger partial charge in [0.05, 0.1) is 35.6 Å². The van der Waals surface area contributed by atoms with Gasteiger partial charge in [-0.05, 0) is 31.0 Å². The first-order valence-corrected chi connectivity index (χ1v) is 10.0. The molecule has 0 radical (unpaired) electrons. The van der Waals surface area contributed by atoms with Gasteiger partial charge in [-0.2, -0.15) is 0 Å². The van der Waals surface area contributed by atoms with E-state index in [2.05, 4.69) is 25.6 Å². The molecule has 0 unspecified atom stereocenters. The number of anilines is 1. The van der Waals surface area contributed by atoms with E-state index in [1.54, 1.807) is 22.4 Å². The van der Waals surface area contributed by atoms with Gasteiger partial charge in [0.2, 0.25) is 5.95 Å². The standard InChI is InChI=1S/C19H22N6O2S/c1-12(11-26)22-18-20-8-13-6-7-25(10-15(13)24-18)19(27)21-9-17-23-14-4-2-3-5-16(14)28-17/h2-5,8,12,26H,6-7,9-11H2,1H3,(H,21,27)(H,20,22,24)/t12-/m0/s1. The van der Waals surface area contributed by atoms with E-state index in [0.29, 0.717) is 25.6 Å². The molecule has 0 saturated carbocycles. The minimum absolute atomic E-state index is 0.000736. The summed E-state index contributed by atoms with van der Waals surface area (Å²) in [7, 11) is 0. The average molecular weight is 398 g/mol. The molecule has 3 aromatic rings. The Balaban J connectivity index is 1.38. The van der Waals surface area contributed by atoms with Crippen LogP contribution in [0.3, 0.4) is 0 Å². The van der Waals surface area contributed by atoms with Crippen molar-refractivity contribution >= 4 is 33.5 Å². The molecule has 9 heteroatoms. The second-order valence-electron chi connectivity index (χ2n) is 6.80. The molecule has 1 aliphatic rings. The van der Waals surface area contributed by atoms with Gasteiger partial charge in [0.25, 0.3) is 0 Å². The Morgan fingerprint density at radius 3 is 3.04 bits per heavy atom. The van der Waals surface area contributed by atoms with Crippen LogP contribution in [-0.2, 0) is 19.5 Å². The van der Waals surface area contributed by atoms with Crippen LogP contribution < -0.4 is 10.6 Å². The number of carbonyl (C=O) groups excluding carboxylic acids is 1. The summed E-state index contributed by atoms with van der Waals surface area (Å²) in [6, 6.07) is 7.70. The molecule has 2 amide bonds. The summed E-state index contributed by atoms with van der Waals surface area (Å²) in [5, 5.41) is 16.1. The number of nitrogens with one attached hydrogen (secondary N) is 2. The summed E-state index contributed by atoms with van der Waals surface area (Å²) in [5.41, 5.74) is 2.85. The van der Waals surface area contributed by atoms with E-state index in [4.69, 9.17) is 5.11 Å². The van der Waals surface area contributed by atoms with Gasteiger partial charge in [0.15, 0.2) is 0 Å². The van der Waals surface area contributed by atoms with Crippen molar-refractivity contribution in [3.8, 4) is 0 Å². The van der Waals surface area contributed by atoms with Gasteiger partial charge in [0.1, 0.15) is 5.01 Å². The maximum absolute atomic E-state index is 12.6. The molecule has 1 aliphatic heterocycles.